The Labute approximate surface area is 158 Å². The molecule has 3 aromatic rings. The number of fused-ring (bicyclic) bond motifs is 1. The largest absolute Gasteiger partial charge is 0.346 e. The van der Waals surface area contributed by atoms with Crippen LogP contribution in [-0.2, 0) is 7.05 Å². The number of thioether (sulfide) groups is 1. The second kappa shape index (κ2) is 6.65. The van der Waals surface area contributed by atoms with Crippen molar-refractivity contribution in [1.29, 1.82) is 0 Å². The lowest BCUT2D eigenvalue weighted by molar-refractivity contribution is 0.402. The molecule has 0 saturated heterocycles. The molecule has 1 aliphatic heterocycles. The van der Waals surface area contributed by atoms with Crippen molar-refractivity contribution in [3.8, 4) is 11.3 Å². The summed E-state index contributed by atoms with van der Waals surface area (Å²) in [7, 11) is 4.17. The van der Waals surface area contributed by atoms with Crippen molar-refractivity contribution in [2.45, 2.75) is 19.3 Å². The van der Waals surface area contributed by atoms with E-state index in [2.05, 4.69) is 91.1 Å². The number of hydrogen-bond donors (Lipinski definition) is 0. The monoisotopic (exact) mass is 362 g/mol. The first kappa shape index (κ1) is 16.9. The van der Waals surface area contributed by atoms with Crippen LogP contribution in [0.3, 0.4) is 0 Å². The zero-order valence-corrected chi connectivity index (χ0v) is 16.3. The van der Waals surface area contributed by atoms with Crippen LogP contribution in [0.2, 0.25) is 0 Å². The van der Waals surface area contributed by atoms with Gasteiger partial charge in [0.1, 0.15) is 5.69 Å². The van der Waals surface area contributed by atoms with Gasteiger partial charge in [0.05, 0.1) is 11.2 Å². The average molecular weight is 363 g/mol. The van der Waals surface area contributed by atoms with Crippen LogP contribution in [0.5, 0.6) is 0 Å². The molecule has 4 rings (SSSR count). The highest BCUT2D eigenvalue weighted by atomic mass is 32.2. The van der Waals surface area contributed by atoms with E-state index in [1.807, 2.05) is 6.07 Å². The summed E-state index contributed by atoms with van der Waals surface area (Å²) in [5.41, 5.74) is 5.61. The highest BCUT2D eigenvalue weighted by Gasteiger charge is 2.25. The van der Waals surface area contributed by atoms with Crippen LogP contribution in [0.1, 0.15) is 13.8 Å². The van der Waals surface area contributed by atoms with E-state index >= 15 is 0 Å². The highest BCUT2D eigenvalue weighted by molar-refractivity contribution is 8.03. The van der Waals surface area contributed by atoms with Crippen molar-refractivity contribution in [2.75, 3.05) is 7.05 Å². The van der Waals surface area contributed by atoms with Crippen molar-refractivity contribution in [2.24, 2.45) is 17.3 Å². The fraction of sp³-hybridized carbons (Fsp3) is 0.238. The maximum Gasteiger partial charge on any atom is 0.193 e. The Morgan fingerprint density at radius 1 is 0.923 bits per heavy atom. The minimum Gasteiger partial charge on any atom is -0.346 e. The number of rotatable bonds is 3. The smallest absolute Gasteiger partial charge is 0.193 e. The lowest BCUT2D eigenvalue weighted by atomic mass is 10.1. The van der Waals surface area contributed by atoms with Gasteiger partial charge in [-0.1, -0.05) is 60.3 Å². The average Bonchev–Trinajstić information content (AvgIpc) is 3.09. The molecule has 0 bridgehead atoms. The lowest BCUT2D eigenvalue weighted by Gasteiger charge is -2.17. The fourth-order valence-corrected chi connectivity index (χ4v) is 4.39. The zero-order chi connectivity index (χ0) is 18.3. The topological polar surface area (TPSA) is 32.9 Å². The molecular formula is C21H22N4S. The predicted octanol–water partition coefficient (Wildman–Crippen LogP) is 6.14. The van der Waals surface area contributed by atoms with Crippen LogP contribution in [0, 0.1) is 0 Å². The first-order chi connectivity index (χ1) is 12.6. The van der Waals surface area contributed by atoms with Crippen LogP contribution in [0.25, 0.3) is 22.2 Å². The Kier molecular flexibility index (Phi) is 4.32. The van der Waals surface area contributed by atoms with Gasteiger partial charge < -0.3 is 9.47 Å². The van der Waals surface area contributed by atoms with E-state index in [0.717, 1.165) is 22.3 Å². The fourth-order valence-electron chi connectivity index (χ4n) is 3.35. The number of para-hydroxylation sites is 1. The summed E-state index contributed by atoms with van der Waals surface area (Å²) in [6.45, 7) is 4.27. The van der Waals surface area contributed by atoms with Crippen molar-refractivity contribution in [3.05, 3.63) is 65.2 Å². The quantitative estimate of drug-likeness (QED) is 0.524. The van der Waals surface area contributed by atoms with Crippen LogP contribution in [-0.4, -0.2) is 22.0 Å². The summed E-state index contributed by atoms with van der Waals surface area (Å²) in [4.78, 5) is 3.48. The molecule has 2 heterocycles. The lowest BCUT2D eigenvalue weighted by Crippen LogP contribution is -2.20. The van der Waals surface area contributed by atoms with Gasteiger partial charge in [0.15, 0.2) is 5.50 Å². The Hall–Kier alpha value is -2.53. The van der Waals surface area contributed by atoms with Crippen molar-refractivity contribution in [3.63, 3.8) is 0 Å². The Bertz CT molecular complexity index is 1020. The van der Waals surface area contributed by atoms with Crippen molar-refractivity contribution < 1.29 is 0 Å². The van der Waals surface area contributed by atoms with E-state index in [4.69, 9.17) is 5.11 Å². The molecule has 0 amide bonds. The van der Waals surface area contributed by atoms with Gasteiger partial charge >= 0.3 is 0 Å². The molecule has 2 aromatic carbocycles. The normalized spacial score (nSPS) is 17.8. The van der Waals surface area contributed by atoms with Gasteiger partial charge in [-0.15, -0.1) is 0 Å². The number of allylic oxidation sites excluding steroid dienone is 2. The molecule has 4 nitrogen and oxygen atoms in total. The summed E-state index contributed by atoms with van der Waals surface area (Å²) < 4.78 is 2.21. The van der Waals surface area contributed by atoms with E-state index in [9.17, 15) is 0 Å². The molecule has 0 radical (unpaired) electrons. The summed E-state index contributed by atoms with van der Waals surface area (Å²) in [6, 6.07) is 18.8. The second-order valence-corrected chi connectivity index (χ2v) is 7.82. The molecule has 0 aliphatic carbocycles. The highest BCUT2D eigenvalue weighted by Crippen LogP contribution is 2.42. The van der Waals surface area contributed by atoms with Gasteiger partial charge in [0, 0.05) is 35.6 Å². The molecule has 132 valence electrons. The summed E-state index contributed by atoms with van der Waals surface area (Å²) >= 11 is 1.75. The number of nitrogens with zero attached hydrogens (tertiary/aromatic N) is 4. The maximum atomic E-state index is 4.75. The molecule has 5 heteroatoms. The van der Waals surface area contributed by atoms with E-state index in [-0.39, 0.29) is 5.50 Å². The van der Waals surface area contributed by atoms with E-state index in [1.54, 1.807) is 11.8 Å². The van der Waals surface area contributed by atoms with Gasteiger partial charge in [-0.25, -0.2) is 0 Å². The van der Waals surface area contributed by atoms with E-state index < -0.39 is 0 Å². The molecule has 0 spiro atoms. The van der Waals surface area contributed by atoms with Gasteiger partial charge in [-0.05, 0) is 19.9 Å². The summed E-state index contributed by atoms with van der Waals surface area (Å²) in [5, 5.41) is 10.6. The number of azo groups is 1. The van der Waals surface area contributed by atoms with Gasteiger partial charge in [0.25, 0.3) is 0 Å². The molecule has 1 unspecified atom stereocenters. The zero-order valence-electron chi connectivity index (χ0n) is 15.5. The van der Waals surface area contributed by atoms with Gasteiger partial charge in [-0.2, -0.15) is 10.2 Å². The molecule has 26 heavy (non-hydrogen) atoms. The number of hydrogen-bond acceptors (Lipinski definition) is 4. The number of aryl methyl sites for hydroxylation is 1. The van der Waals surface area contributed by atoms with Crippen LogP contribution in [0.4, 0.5) is 5.69 Å². The molecule has 0 N–H and O–H groups in total. The minimum absolute atomic E-state index is 0.00223. The molecule has 0 saturated carbocycles. The third kappa shape index (κ3) is 2.72. The first-order valence-corrected chi connectivity index (χ1v) is 9.56. The Morgan fingerprint density at radius 2 is 1.62 bits per heavy atom. The third-order valence-corrected chi connectivity index (χ3v) is 6.31. The molecular weight excluding hydrogens is 340 g/mol. The Morgan fingerprint density at radius 3 is 2.31 bits per heavy atom. The number of benzene rings is 2. The standard InChI is InChI=1S/C21H22N4S/c1-14-15(2)26-21(24(14)3)23-22-19-17-12-8-9-13-18(17)25(4)20(19)16-10-6-5-7-11-16/h5-13,21H,1-4H3. The van der Waals surface area contributed by atoms with Crippen molar-refractivity contribution >= 4 is 28.4 Å². The summed E-state index contributed by atoms with van der Waals surface area (Å²) in [6.07, 6.45) is 0. The van der Waals surface area contributed by atoms with E-state index in [1.165, 1.54) is 16.1 Å². The molecule has 0 fully saturated rings. The predicted molar refractivity (Wildman–Crippen MR) is 110 cm³/mol. The summed E-state index contributed by atoms with van der Waals surface area (Å²) in [5.74, 6) is 0. The Balaban J connectivity index is 1.83. The maximum absolute atomic E-state index is 4.75. The first-order valence-electron chi connectivity index (χ1n) is 8.68. The van der Waals surface area contributed by atoms with Crippen LogP contribution < -0.4 is 0 Å². The van der Waals surface area contributed by atoms with Gasteiger partial charge in [0.2, 0.25) is 0 Å². The van der Waals surface area contributed by atoms with Crippen LogP contribution in [0.15, 0.2) is 75.4 Å². The van der Waals surface area contributed by atoms with E-state index in [0.29, 0.717) is 0 Å². The number of aromatic nitrogens is 1. The molecule has 1 atom stereocenters. The van der Waals surface area contributed by atoms with Crippen molar-refractivity contribution in [1.82, 2.24) is 9.47 Å². The third-order valence-electron chi connectivity index (χ3n) is 5.04. The SMILES string of the molecule is CC1=C(C)N(C)C(N=Nc2c(-c3ccccc3)n(C)c3ccccc23)S1. The van der Waals surface area contributed by atoms with Gasteiger partial charge in [-0.3, -0.25) is 0 Å². The van der Waals surface area contributed by atoms with Crippen LogP contribution >= 0.6 is 11.8 Å². The minimum atomic E-state index is -0.00223. The molecule has 1 aliphatic rings. The second-order valence-electron chi connectivity index (χ2n) is 6.55. The molecule has 1 aromatic heterocycles.